The lowest BCUT2D eigenvalue weighted by Crippen LogP contribution is -2.56. The fraction of sp³-hybridized carbons (Fsp3) is 0.800. The maximum atomic E-state index is 12.6. The molecule has 0 aromatic rings. The van der Waals surface area contributed by atoms with Crippen LogP contribution in [0.2, 0.25) is 0 Å². The minimum absolute atomic E-state index is 0.0193. The second-order valence-corrected chi connectivity index (χ2v) is 7.47. The van der Waals surface area contributed by atoms with Gasteiger partial charge in [0.25, 0.3) is 0 Å². The second kappa shape index (κ2) is 6.55. The van der Waals surface area contributed by atoms with Gasteiger partial charge in [0.15, 0.2) is 0 Å². The zero-order chi connectivity index (χ0) is 20.9. The van der Waals surface area contributed by atoms with Gasteiger partial charge in [0.1, 0.15) is 12.1 Å². The van der Waals surface area contributed by atoms with Crippen molar-refractivity contribution in [2.24, 2.45) is 23.0 Å². The van der Waals surface area contributed by atoms with Crippen LogP contribution in [0.1, 0.15) is 26.7 Å². The van der Waals surface area contributed by atoms with E-state index in [0.29, 0.717) is 0 Å². The summed E-state index contributed by atoms with van der Waals surface area (Å²) in [6, 6.07) is -3.20. The van der Waals surface area contributed by atoms with E-state index in [1.807, 2.05) is 13.8 Å². The highest BCUT2D eigenvalue weighted by Gasteiger charge is 2.69. The van der Waals surface area contributed by atoms with E-state index in [-0.39, 0.29) is 23.8 Å². The SMILES string of the molecule is CC1(C)C2CN(C(=O)C(CCC(F)(F)F)NC(=O)C(F)(F)F)C(C(N)=O)C21. The van der Waals surface area contributed by atoms with Gasteiger partial charge in [0.05, 0.1) is 0 Å². The number of nitrogens with two attached hydrogens (primary N) is 1. The fourth-order valence-corrected chi connectivity index (χ4v) is 3.84. The van der Waals surface area contributed by atoms with Gasteiger partial charge in [-0.05, 0) is 23.7 Å². The first-order chi connectivity index (χ1) is 12.1. The first-order valence-electron chi connectivity index (χ1n) is 8.11. The van der Waals surface area contributed by atoms with Crippen molar-refractivity contribution in [2.75, 3.05) is 6.54 Å². The van der Waals surface area contributed by atoms with Crippen LogP contribution in [0.15, 0.2) is 0 Å². The third-order valence-electron chi connectivity index (χ3n) is 5.36. The molecule has 1 saturated carbocycles. The van der Waals surface area contributed by atoms with Crippen LogP contribution in [0, 0.1) is 17.3 Å². The summed E-state index contributed by atoms with van der Waals surface area (Å²) < 4.78 is 74.8. The third-order valence-corrected chi connectivity index (χ3v) is 5.36. The van der Waals surface area contributed by atoms with Gasteiger partial charge in [-0.25, -0.2) is 0 Å². The topological polar surface area (TPSA) is 92.5 Å². The smallest absolute Gasteiger partial charge is 0.368 e. The summed E-state index contributed by atoms with van der Waals surface area (Å²) in [6.45, 7) is 3.63. The molecule has 4 atom stereocenters. The van der Waals surface area contributed by atoms with Crippen LogP contribution in [0.5, 0.6) is 0 Å². The number of hydrogen-bond acceptors (Lipinski definition) is 3. The Balaban J connectivity index is 2.20. The lowest BCUT2D eigenvalue weighted by Gasteiger charge is -2.32. The molecule has 1 heterocycles. The van der Waals surface area contributed by atoms with Gasteiger partial charge in [0.2, 0.25) is 11.8 Å². The van der Waals surface area contributed by atoms with E-state index >= 15 is 0 Å². The lowest BCUT2D eigenvalue weighted by molar-refractivity contribution is -0.176. The monoisotopic (exact) mass is 403 g/mol. The highest BCUT2D eigenvalue weighted by molar-refractivity contribution is 5.93. The summed E-state index contributed by atoms with van der Waals surface area (Å²) in [7, 11) is 0. The molecule has 0 aromatic heterocycles. The summed E-state index contributed by atoms with van der Waals surface area (Å²) in [6.07, 6.45) is -12.8. The largest absolute Gasteiger partial charge is 0.471 e. The molecule has 2 fully saturated rings. The molecular formula is C15H19F6N3O3. The number of amides is 3. The Labute approximate surface area is 150 Å². The average molecular weight is 403 g/mol. The number of piperidine rings is 1. The molecule has 12 heteroatoms. The summed E-state index contributed by atoms with van der Waals surface area (Å²) in [4.78, 5) is 36.3. The van der Waals surface area contributed by atoms with Gasteiger partial charge in [-0.1, -0.05) is 13.8 Å². The molecule has 6 nitrogen and oxygen atoms in total. The molecule has 0 radical (unpaired) electrons. The van der Waals surface area contributed by atoms with Gasteiger partial charge in [-0.2, -0.15) is 26.3 Å². The number of primary amides is 1. The van der Waals surface area contributed by atoms with Crippen molar-refractivity contribution in [1.82, 2.24) is 10.2 Å². The highest BCUT2D eigenvalue weighted by atomic mass is 19.4. The molecule has 2 rings (SSSR count). The Morgan fingerprint density at radius 3 is 2.19 bits per heavy atom. The van der Waals surface area contributed by atoms with Gasteiger partial charge in [0, 0.05) is 13.0 Å². The zero-order valence-electron chi connectivity index (χ0n) is 14.4. The summed E-state index contributed by atoms with van der Waals surface area (Å²) in [5.41, 5.74) is 4.99. The van der Waals surface area contributed by atoms with E-state index in [0.717, 1.165) is 4.90 Å². The molecule has 3 amide bonds. The van der Waals surface area contributed by atoms with E-state index in [1.165, 1.54) is 5.32 Å². The first-order valence-corrected chi connectivity index (χ1v) is 8.11. The molecule has 4 unspecified atom stereocenters. The summed E-state index contributed by atoms with van der Waals surface area (Å²) >= 11 is 0. The standard InChI is InChI=1S/C15H19F6N3O3/c1-13(2)6-5-24(9(8(6)13)10(22)25)11(26)7(3-4-14(16,17)18)23-12(27)15(19,20)21/h6-9H,3-5H2,1-2H3,(H2,22,25)(H,23,27). The summed E-state index contributed by atoms with van der Waals surface area (Å²) in [5.74, 6) is -5.05. The van der Waals surface area contributed by atoms with Crippen LogP contribution in [0.25, 0.3) is 0 Å². The Bertz CT molecular complexity index is 646. The van der Waals surface area contributed by atoms with Crippen molar-refractivity contribution in [2.45, 2.75) is 51.1 Å². The van der Waals surface area contributed by atoms with E-state index in [2.05, 4.69) is 0 Å². The van der Waals surface area contributed by atoms with Gasteiger partial charge >= 0.3 is 18.3 Å². The number of carbonyl (C=O) groups excluding carboxylic acids is 3. The number of alkyl halides is 6. The van der Waals surface area contributed by atoms with Gasteiger partial charge < -0.3 is 16.0 Å². The molecule has 2 aliphatic rings. The van der Waals surface area contributed by atoms with Gasteiger partial charge in [-0.3, -0.25) is 14.4 Å². The van der Waals surface area contributed by atoms with Crippen molar-refractivity contribution >= 4 is 17.7 Å². The van der Waals surface area contributed by atoms with Crippen molar-refractivity contribution in [3.8, 4) is 0 Å². The summed E-state index contributed by atoms with van der Waals surface area (Å²) in [5, 5.41) is 1.31. The predicted molar refractivity (Wildman–Crippen MR) is 78.7 cm³/mol. The Hall–Kier alpha value is -2.01. The van der Waals surface area contributed by atoms with Crippen LogP contribution < -0.4 is 11.1 Å². The zero-order valence-corrected chi connectivity index (χ0v) is 14.4. The van der Waals surface area contributed by atoms with Crippen LogP contribution in [-0.2, 0) is 14.4 Å². The molecule has 154 valence electrons. The number of hydrogen-bond donors (Lipinski definition) is 2. The maximum Gasteiger partial charge on any atom is 0.471 e. The number of halogens is 6. The number of carbonyl (C=O) groups is 3. The molecule has 1 aliphatic carbocycles. The molecule has 3 N–H and O–H groups in total. The van der Waals surface area contributed by atoms with E-state index in [1.54, 1.807) is 0 Å². The number of nitrogens with zero attached hydrogens (tertiary/aromatic N) is 1. The Kier molecular flexibility index (Phi) is 5.17. The van der Waals surface area contributed by atoms with Crippen LogP contribution in [0.3, 0.4) is 0 Å². The number of rotatable bonds is 5. The minimum Gasteiger partial charge on any atom is -0.368 e. The van der Waals surface area contributed by atoms with Crippen molar-refractivity contribution in [1.29, 1.82) is 0 Å². The van der Waals surface area contributed by atoms with Crippen LogP contribution >= 0.6 is 0 Å². The van der Waals surface area contributed by atoms with E-state index in [4.69, 9.17) is 5.73 Å². The molecule has 0 spiro atoms. The Morgan fingerprint density at radius 2 is 1.74 bits per heavy atom. The quantitative estimate of drug-likeness (QED) is 0.679. The average Bonchev–Trinajstić information content (AvgIpc) is 2.84. The number of fused-ring (bicyclic) bond motifs is 1. The van der Waals surface area contributed by atoms with Crippen LogP contribution in [-0.4, -0.2) is 53.6 Å². The third kappa shape index (κ3) is 4.29. The van der Waals surface area contributed by atoms with E-state index < -0.39 is 55.0 Å². The fourth-order valence-electron chi connectivity index (χ4n) is 3.84. The second-order valence-electron chi connectivity index (χ2n) is 7.47. The van der Waals surface area contributed by atoms with Crippen molar-refractivity contribution in [3.63, 3.8) is 0 Å². The molecule has 1 aliphatic heterocycles. The molecule has 1 saturated heterocycles. The Morgan fingerprint density at radius 1 is 1.19 bits per heavy atom. The predicted octanol–water partition coefficient (Wildman–Crippen LogP) is 1.34. The van der Waals surface area contributed by atoms with Crippen molar-refractivity contribution < 1.29 is 40.7 Å². The number of likely N-dealkylation sites (tertiary alicyclic amines) is 1. The van der Waals surface area contributed by atoms with Crippen LogP contribution in [0.4, 0.5) is 26.3 Å². The molecule has 0 aromatic carbocycles. The van der Waals surface area contributed by atoms with Gasteiger partial charge in [-0.15, -0.1) is 0 Å². The molecular weight excluding hydrogens is 384 g/mol. The highest BCUT2D eigenvalue weighted by Crippen LogP contribution is 2.64. The normalized spacial score (nSPS) is 27.7. The molecule has 27 heavy (non-hydrogen) atoms. The van der Waals surface area contributed by atoms with Crippen molar-refractivity contribution in [3.05, 3.63) is 0 Å². The molecule has 0 bridgehead atoms. The maximum absolute atomic E-state index is 12.6. The minimum atomic E-state index is -5.37. The number of nitrogens with one attached hydrogen (secondary N) is 1. The lowest BCUT2D eigenvalue weighted by atomic mass is 9.99. The first kappa shape index (κ1) is 21.3. The van der Waals surface area contributed by atoms with E-state index in [9.17, 15) is 40.7 Å².